The van der Waals surface area contributed by atoms with Crippen LogP contribution in [0.3, 0.4) is 0 Å². The van der Waals surface area contributed by atoms with Gasteiger partial charge in [-0.15, -0.1) is 0 Å². The molecule has 0 aromatic heterocycles. The van der Waals surface area contributed by atoms with Crippen LogP contribution in [0.4, 0.5) is 5.69 Å². The summed E-state index contributed by atoms with van der Waals surface area (Å²) in [6.07, 6.45) is -0.400. The van der Waals surface area contributed by atoms with Gasteiger partial charge in [0.15, 0.2) is 11.9 Å². The van der Waals surface area contributed by atoms with Gasteiger partial charge in [0.1, 0.15) is 0 Å². The Bertz CT molecular complexity index is 925. The minimum absolute atomic E-state index is 0.0201. The third kappa shape index (κ3) is 4.31. The maximum absolute atomic E-state index is 12.6. The van der Waals surface area contributed by atoms with Crippen LogP contribution in [0.15, 0.2) is 42.5 Å². The van der Waals surface area contributed by atoms with Crippen LogP contribution in [-0.4, -0.2) is 35.5 Å². The predicted molar refractivity (Wildman–Crippen MR) is 104 cm³/mol. The number of rotatable bonds is 6. The van der Waals surface area contributed by atoms with Gasteiger partial charge in [0, 0.05) is 6.54 Å². The van der Waals surface area contributed by atoms with E-state index in [1.807, 2.05) is 31.2 Å². The number of anilines is 1. The second-order valence-electron chi connectivity index (χ2n) is 6.87. The molecule has 1 heterocycles. The zero-order chi connectivity index (χ0) is 20.3. The minimum atomic E-state index is -0.978. The molecular formula is C21H22N2O5. The van der Waals surface area contributed by atoms with E-state index in [1.54, 1.807) is 25.1 Å². The smallest absolute Gasteiger partial charge is 0.308 e. The van der Waals surface area contributed by atoms with Crippen molar-refractivity contribution >= 4 is 23.5 Å². The van der Waals surface area contributed by atoms with Crippen molar-refractivity contribution in [3.05, 3.63) is 59.2 Å². The Labute approximate surface area is 162 Å². The van der Waals surface area contributed by atoms with Gasteiger partial charge in [-0.1, -0.05) is 35.9 Å². The van der Waals surface area contributed by atoms with Crippen molar-refractivity contribution in [2.75, 3.05) is 11.9 Å². The number of para-hydroxylation sites is 1. The van der Waals surface area contributed by atoms with E-state index in [-0.39, 0.29) is 23.8 Å². The first-order valence-corrected chi connectivity index (χ1v) is 9.02. The summed E-state index contributed by atoms with van der Waals surface area (Å²) in [5.74, 6) is -2.18. The van der Waals surface area contributed by atoms with E-state index >= 15 is 0 Å². The second-order valence-corrected chi connectivity index (χ2v) is 6.87. The summed E-state index contributed by atoms with van der Waals surface area (Å²) >= 11 is 0. The first kappa shape index (κ1) is 19.4. The normalized spacial score (nSPS) is 16.4. The van der Waals surface area contributed by atoms with E-state index in [4.69, 9.17) is 4.74 Å². The molecule has 28 heavy (non-hydrogen) atoms. The van der Waals surface area contributed by atoms with Gasteiger partial charge in [-0.25, -0.2) is 0 Å². The lowest BCUT2D eigenvalue weighted by molar-refractivity contribution is -0.141. The molecule has 0 saturated carbocycles. The van der Waals surface area contributed by atoms with Crippen molar-refractivity contribution in [3.8, 4) is 5.75 Å². The number of aryl methyl sites for hydroxylation is 1. The number of carbonyl (C=O) groups excluding carboxylic acids is 2. The lowest BCUT2D eigenvalue weighted by atomic mass is 9.98. The van der Waals surface area contributed by atoms with Gasteiger partial charge in [0.25, 0.3) is 11.8 Å². The zero-order valence-corrected chi connectivity index (χ0v) is 15.7. The predicted octanol–water partition coefficient (Wildman–Crippen LogP) is 2.39. The lowest BCUT2D eigenvalue weighted by Crippen LogP contribution is -2.37. The van der Waals surface area contributed by atoms with Crippen molar-refractivity contribution in [1.82, 2.24) is 5.32 Å². The van der Waals surface area contributed by atoms with Crippen molar-refractivity contribution in [1.29, 1.82) is 0 Å². The van der Waals surface area contributed by atoms with Crippen LogP contribution in [0.2, 0.25) is 0 Å². The highest BCUT2D eigenvalue weighted by Gasteiger charge is 2.28. The first-order chi connectivity index (χ1) is 13.3. The van der Waals surface area contributed by atoms with Crippen LogP contribution >= 0.6 is 0 Å². The summed E-state index contributed by atoms with van der Waals surface area (Å²) in [6, 6.07) is 12.5. The Balaban J connectivity index is 1.71. The Morgan fingerprint density at radius 3 is 2.71 bits per heavy atom. The monoisotopic (exact) mass is 382 g/mol. The molecule has 7 heteroatoms. The van der Waals surface area contributed by atoms with Crippen molar-refractivity contribution < 1.29 is 24.2 Å². The van der Waals surface area contributed by atoms with E-state index in [1.165, 1.54) is 0 Å². The molecular weight excluding hydrogens is 360 g/mol. The van der Waals surface area contributed by atoms with Crippen LogP contribution in [0.25, 0.3) is 0 Å². The maximum Gasteiger partial charge on any atom is 0.308 e. The molecule has 2 aromatic rings. The van der Waals surface area contributed by atoms with E-state index in [2.05, 4.69) is 10.6 Å². The number of carboxylic acid groups (broad SMARTS) is 1. The fourth-order valence-electron chi connectivity index (χ4n) is 3.09. The average Bonchev–Trinajstić information content (AvgIpc) is 2.65. The van der Waals surface area contributed by atoms with Gasteiger partial charge in [-0.3, -0.25) is 14.4 Å². The number of ether oxygens (including phenoxy) is 1. The lowest BCUT2D eigenvalue weighted by Gasteiger charge is -2.25. The highest BCUT2D eigenvalue weighted by molar-refractivity contribution is 6.04. The molecule has 1 aliphatic rings. The summed E-state index contributed by atoms with van der Waals surface area (Å²) in [7, 11) is 0. The van der Waals surface area contributed by atoms with Crippen LogP contribution in [0.1, 0.15) is 28.4 Å². The average molecular weight is 382 g/mol. The molecule has 7 nitrogen and oxygen atoms in total. The third-order valence-corrected chi connectivity index (χ3v) is 4.60. The van der Waals surface area contributed by atoms with Gasteiger partial charge in [-0.2, -0.15) is 0 Å². The Hall–Kier alpha value is -3.35. The molecule has 0 bridgehead atoms. The number of carboxylic acids is 1. The molecule has 2 atom stereocenters. The molecule has 0 aliphatic carbocycles. The summed E-state index contributed by atoms with van der Waals surface area (Å²) in [4.78, 5) is 36.0. The van der Waals surface area contributed by atoms with Gasteiger partial charge < -0.3 is 20.5 Å². The largest absolute Gasteiger partial charge is 0.481 e. The molecule has 1 aliphatic heterocycles. The van der Waals surface area contributed by atoms with Crippen molar-refractivity contribution in [2.45, 2.75) is 26.4 Å². The molecule has 0 spiro atoms. The van der Waals surface area contributed by atoms with Gasteiger partial charge >= 0.3 is 5.97 Å². The molecule has 2 aromatic carbocycles. The second kappa shape index (κ2) is 8.12. The number of nitrogens with one attached hydrogen (secondary N) is 2. The number of carbonyl (C=O) groups is 3. The fourth-order valence-corrected chi connectivity index (χ4v) is 3.09. The summed E-state index contributed by atoms with van der Waals surface area (Å²) in [5.41, 5.74) is 2.63. The van der Waals surface area contributed by atoms with Gasteiger partial charge in [0.05, 0.1) is 17.2 Å². The van der Waals surface area contributed by atoms with Crippen LogP contribution < -0.4 is 15.4 Å². The molecule has 3 rings (SSSR count). The van der Waals surface area contributed by atoms with E-state index in [9.17, 15) is 19.5 Å². The molecule has 0 unspecified atom stereocenters. The van der Waals surface area contributed by atoms with Crippen LogP contribution in [0, 0.1) is 12.8 Å². The third-order valence-electron chi connectivity index (χ3n) is 4.60. The maximum atomic E-state index is 12.6. The number of fused-ring (bicyclic) bond motifs is 1. The first-order valence-electron chi connectivity index (χ1n) is 9.02. The van der Waals surface area contributed by atoms with Crippen LogP contribution in [-0.2, 0) is 16.0 Å². The van der Waals surface area contributed by atoms with Crippen molar-refractivity contribution in [3.63, 3.8) is 0 Å². The molecule has 146 valence electrons. The van der Waals surface area contributed by atoms with Crippen LogP contribution in [0.5, 0.6) is 5.75 Å². The number of hydrogen-bond acceptors (Lipinski definition) is 4. The number of amides is 2. The molecule has 0 saturated heterocycles. The standard InChI is InChI=1S/C21H22N2O5/c1-12-5-3-6-14(9-12)10-15(21(26)27)11-22-20(25)16-7-4-8-17-18(16)28-13(2)19(24)23-17/h3-9,13,15H,10-11H2,1-2H3,(H,22,25)(H,23,24)(H,26,27)/t13-,15-/m0/s1. The van der Waals surface area contributed by atoms with E-state index in [0.717, 1.165) is 11.1 Å². The summed E-state index contributed by atoms with van der Waals surface area (Å²) in [5, 5.41) is 14.9. The molecule has 3 N–H and O–H groups in total. The van der Waals surface area contributed by atoms with Gasteiger partial charge in [-0.05, 0) is 38.0 Å². The van der Waals surface area contributed by atoms with Gasteiger partial charge in [0.2, 0.25) is 0 Å². The minimum Gasteiger partial charge on any atom is -0.481 e. The van der Waals surface area contributed by atoms with Crippen molar-refractivity contribution in [2.24, 2.45) is 5.92 Å². The Morgan fingerprint density at radius 1 is 1.25 bits per heavy atom. The molecule has 0 radical (unpaired) electrons. The fraction of sp³-hybridized carbons (Fsp3) is 0.286. The number of aliphatic carboxylic acids is 1. The Morgan fingerprint density at radius 2 is 2.00 bits per heavy atom. The SMILES string of the molecule is Cc1cccc(C[C@@H](CNC(=O)c2cccc3c2O[C@@H](C)C(=O)N3)C(=O)O)c1. The highest BCUT2D eigenvalue weighted by atomic mass is 16.5. The number of hydrogen-bond donors (Lipinski definition) is 3. The van der Waals surface area contributed by atoms with E-state index < -0.39 is 23.9 Å². The Kier molecular flexibility index (Phi) is 5.63. The molecule has 2 amide bonds. The van der Waals surface area contributed by atoms with E-state index in [0.29, 0.717) is 12.1 Å². The zero-order valence-electron chi connectivity index (χ0n) is 15.7. The topological polar surface area (TPSA) is 105 Å². The quantitative estimate of drug-likeness (QED) is 0.712. The summed E-state index contributed by atoms with van der Waals surface area (Å²) < 4.78 is 5.57. The summed E-state index contributed by atoms with van der Waals surface area (Å²) in [6.45, 7) is 3.52. The number of benzene rings is 2. The highest BCUT2D eigenvalue weighted by Crippen LogP contribution is 2.33. The molecule has 0 fully saturated rings.